The van der Waals surface area contributed by atoms with E-state index >= 15 is 0 Å². The Morgan fingerprint density at radius 2 is 2.00 bits per heavy atom. The van der Waals surface area contributed by atoms with Crippen LogP contribution < -0.4 is 5.32 Å². The van der Waals surface area contributed by atoms with Crippen LogP contribution in [0.15, 0.2) is 63.9 Å². The van der Waals surface area contributed by atoms with E-state index in [1.807, 2.05) is 31.2 Å². The summed E-state index contributed by atoms with van der Waals surface area (Å²) < 4.78 is 8.94. The summed E-state index contributed by atoms with van der Waals surface area (Å²) in [6.45, 7) is 2.78. The Hall–Kier alpha value is -3.73. The molecule has 158 valence electrons. The minimum atomic E-state index is -0.582. The maximum Gasteiger partial charge on any atom is 0.404 e. The summed E-state index contributed by atoms with van der Waals surface area (Å²) in [6.07, 6.45) is 4.79. The smallest absolute Gasteiger partial charge is 0.404 e. The minimum absolute atomic E-state index is 0.113. The molecule has 10 nitrogen and oxygen atoms in total. The largest absolute Gasteiger partial charge is 0.454 e. The molecule has 4 aromatic rings. The van der Waals surface area contributed by atoms with Crippen LogP contribution in [0.1, 0.15) is 27.4 Å². The Kier molecular flexibility index (Phi) is 5.67. The van der Waals surface area contributed by atoms with Crippen LogP contribution in [0.4, 0.5) is 11.5 Å². The molecule has 11 heteroatoms. The normalized spacial score (nSPS) is 10.9. The van der Waals surface area contributed by atoms with Crippen molar-refractivity contribution in [3.8, 4) is 0 Å². The molecule has 0 unspecified atom stereocenters. The third-order valence-corrected chi connectivity index (χ3v) is 5.12. The average Bonchev–Trinajstić information content (AvgIpc) is 3.45. The number of halogens is 1. The number of nitrogens with zero attached hydrogens (tertiary/aromatic N) is 5. The summed E-state index contributed by atoms with van der Waals surface area (Å²) in [7, 11) is 0. The van der Waals surface area contributed by atoms with Crippen LogP contribution in [0.25, 0.3) is 0 Å². The predicted octanol–water partition coefficient (Wildman–Crippen LogP) is 4.00. The number of benzene rings is 1. The van der Waals surface area contributed by atoms with Crippen LogP contribution in [0, 0.1) is 17.0 Å². The average molecular weight is 485 g/mol. The van der Waals surface area contributed by atoms with Gasteiger partial charge in [0.25, 0.3) is 5.91 Å². The molecule has 0 aliphatic rings. The molecule has 0 fully saturated rings. The summed E-state index contributed by atoms with van der Waals surface area (Å²) in [5, 5.41) is 21.8. The van der Waals surface area contributed by atoms with Gasteiger partial charge in [0.1, 0.15) is 16.8 Å². The number of aromatic nitrogens is 4. The number of carbonyl (C=O) groups is 1. The lowest BCUT2D eigenvalue weighted by molar-refractivity contribution is -0.390. The van der Waals surface area contributed by atoms with Crippen LogP contribution in [-0.2, 0) is 13.1 Å². The molecule has 31 heavy (non-hydrogen) atoms. The number of rotatable bonds is 7. The first-order valence-electron chi connectivity index (χ1n) is 9.23. The molecule has 1 N–H and O–H groups in total. The fourth-order valence-corrected chi connectivity index (χ4v) is 3.47. The van der Waals surface area contributed by atoms with E-state index in [-0.39, 0.29) is 22.6 Å². The molecule has 0 spiro atoms. The van der Waals surface area contributed by atoms with Crippen LogP contribution >= 0.6 is 15.9 Å². The van der Waals surface area contributed by atoms with Crippen molar-refractivity contribution in [3.63, 3.8) is 0 Å². The van der Waals surface area contributed by atoms with Gasteiger partial charge < -0.3 is 19.8 Å². The number of hydrogen-bond donors (Lipinski definition) is 1. The maximum absolute atomic E-state index is 12.5. The summed E-state index contributed by atoms with van der Waals surface area (Å²) >= 11 is 3.10. The zero-order chi connectivity index (χ0) is 22.0. The van der Waals surface area contributed by atoms with Crippen molar-refractivity contribution >= 4 is 33.3 Å². The van der Waals surface area contributed by atoms with E-state index in [1.54, 1.807) is 23.1 Å². The first-order valence-corrected chi connectivity index (χ1v) is 10.0. The number of aryl methyl sites for hydroxylation is 1. The first-order chi connectivity index (χ1) is 14.9. The Morgan fingerprint density at radius 1 is 1.19 bits per heavy atom. The standard InChI is InChI=1S/C20H17BrN6O4/c1-13-4-2-3-5-14(13)9-25-10-15(8-22-25)23-20(28)18-7-6-16(31-18)11-26-12-17(21)19(24-26)27(29)30/h2-8,10,12H,9,11H2,1H3,(H,23,28). The summed E-state index contributed by atoms with van der Waals surface area (Å²) in [5.74, 6) is -0.158. The van der Waals surface area contributed by atoms with Gasteiger partial charge in [0, 0.05) is 6.20 Å². The molecule has 3 heterocycles. The molecule has 0 atom stereocenters. The SMILES string of the molecule is Cc1ccccc1Cn1cc(NC(=O)c2ccc(Cn3cc(Br)c([N+](=O)[O-])n3)o2)cn1. The van der Waals surface area contributed by atoms with Crippen LogP contribution in [0.2, 0.25) is 0 Å². The van der Waals surface area contributed by atoms with Crippen molar-refractivity contribution in [1.82, 2.24) is 19.6 Å². The van der Waals surface area contributed by atoms with Crippen molar-refractivity contribution < 1.29 is 14.1 Å². The number of nitro groups is 1. The Labute approximate surface area is 184 Å². The lowest BCUT2D eigenvalue weighted by Gasteiger charge is -2.05. The molecule has 1 amide bonds. The third kappa shape index (κ3) is 4.72. The lowest BCUT2D eigenvalue weighted by Crippen LogP contribution is -2.10. The highest BCUT2D eigenvalue weighted by Gasteiger charge is 2.20. The molecule has 0 saturated carbocycles. The second-order valence-electron chi connectivity index (χ2n) is 6.83. The fraction of sp³-hybridized carbons (Fsp3) is 0.150. The van der Waals surface area contributed by atoms with Crippen molar-refractivity contribution in [2.45, 2.75) is 20.0 Å². The van der Waals surface area contributed by atoms with Crippen molar-refractivity contribution in [2.24, 2.45) is 0 Å². The van der Waals surface area contributed by atoms with Gasteiger partial charge in [-0.1, -0.05) is 24.3 Å². The number of nitrogens with one attached hydrogen (secondary N) is 1. The predicted molar refractivity (Wildman–Crippen MR) is 115 cm³/mol. The van der Waals surface area contributed by atoms with E-state index in [4.69, 9.17) is 4.42 Å². The van der Waals surface area contributed by atoms with E-state index in [9.17, 15) is 14.9 Å². The molecule has 3 aromatic heterocycles. The molecule has 0 aliphatic carbocycles. The van der Waals surface area contributed by atoms with Crippen molar-refractivity contribution in [3.05, 3.63) is 92.2 Å². The Balaban J connectivity index is 1.39. The van der Waals surface area contributed by atoms with Crippen molar-refractivity contribution in [2.75, 3.05) is 5.32 Å². The van der Waals surface area contributed by atoms with Gasteiger partial charge in [-0.25, -0.2) is 0 Å². The van der Waals surface area contributed by atoms with Crippen LogP contribution in [0.5, 0.6) is 0 Å². The Bertz CT molecular complexity index is 1260. The van der Waals surface area contributed by atoms with Gasteiger partial charge in [-0.05, 0) is 51.0 Å². The van der Waals surface area contributed by atoms with Gasteiger partial charge in [0.05, 0.1) is 29.7 Å². The van der Waals surface area contributed by atoms with E-state index in [0.717, 1.165) is 5.56 Å². The molecular weight excluding hydrogens is 468 g/mol. The van der Waals surface area contributed by atoms with Crippen LogP contribution in [0.3, 0.4) is 0 Å². The highest BCUT2D eigenvalue weighted by Crippen LogP contribution is 2.23. The summed E-state index contributed by atoms with van der Waals surface area (Å²) in [4.78, 5) is 22.8. The third-order valence-electron chi connectivity index (χ3n) is 4.56. The van der Waals surface area contributed by atoms with Crippen LogP contribution in [-0.4, -0.2) is 30.4 Å². The van der Waals surface area contributed by atoms with Gasteiger partial charge in [-0.3, -0.25) is 9.48 Å². The number of anilines is 1. The first kappa shape index (κ1) is 20.5. The van der Waals surface area contributed by atoms with Gasteiger partial charge in [-0.15, -0.1) is 0 Å². The molecule has 4 rings (SSSR count). The second kappa shape index (κ2) is 8.56. The topological polar surface area (TPSA) is 121 Å². The molecule has 0 bridgehead atoms. The van der Waals surface area contributed by atoms with E-state index < -0.39 is 10.8 Å². The van der Waals surface area contributed by atoms with E-state index in [0.29, 0.717) is 18.0 Å². The highest BCUT2D eigenvalue weighted by molar-refractivity contribution is 9.10. The minimum Gasteiger partial charge on any atom is -0.454 e. The van der Waals surface area contributed by atoms with Crippen molar-refractivity contribution in [1.29, 1.82) is 0 Å². The maximum atomic E-state index is 12.5. The molecule has 0 aliphatic heterocycles. The fourth-order valence-electron chi connectivity index (χ4n) is 3.01. The number of furan rings is 1. The monoisotopic (exact) mass is 484 g/mol. The van der Waals surface area contributed by atoms with Gasteiger partial charge in [-0.2, -0.15) is 9.78 Å². The van der Waals surface area contributed by atoms with E-state index in [1.165, 1.54) is 22.5 Å². The zero-order valence-electron chi connectivity index (χ0n) is 16.4. The molecule has 1 aromatic carbocycles. The molecular formula is C20H17BrN6O4. The lowest BCUT2D eigenvalue weighted by atomic mass is 10.1. The quantitative estimate of drug-likeness (QED) is 0.312. The van der Waals surface area contributed by atoms with Gasteiger partial charge in [0.15, 0.2) is 5.76 Å². The summed E-state index contributed by atoms with van der Waals surface area (Å²) in [5.41, 5.74) is 2.86. The number of hydrogen-bond acceptors (Lipinski definition) is 6. The molecule has 0 radical (unpaired) electrons. The van der Waals surface area contributed by atoms with Gasteiger partial charge in [0.2, 0.25) is 0 Å². The van der Waals surface area contributed by atoms with E-state index in [2.05, 4.69) is 31.4 Å². The highest BCUT2D eigenvalue weighted by atomic mass is 79.9. The zero-order valence-corrected chi connectivity index (χ0v) is 17.9. The van der Waals surface area contributed by atoms with Gasteiger partial charge >= 0.3 is 5.82 Å². The summed E-state index contributed by atoms with van der Waals surface area (Å²) in [6, 6.07) is 11.2. The second-order valence-corrected chi connectivity index (χ2v) is 7.68. The molecule has 0 saturated heterocycles. The number of amides is 1. The Morgan fingerprint density at radius 3 is 2.74 bits per heavy atom. The number of carbonyl (C=O) groups excluding carboxylic acids is 1.